The largest absolute Gasteiger partial charge is 0.480 e. The van der Waals surface area contributed by atoms with Crippen molar-refractivity contribution in [3.8, 4) is 5.75 Å². The molecule has 1 amide bonds. The Morgan fingerprint density at radius 3 is 2.80 bits per heavy atom. The van der Waals surface area contributed by atoms with Gasteiger partial charge in [-0.3, -0.25) is 9.59 Å². The van der Waals surface area contributed by atoms with Crippen molar-refractivity contribution >= 4 is 27.8 Å². The summed E-state index contributed by atoms with van der Waals surface area (Å²) in [6.07, 6.45) is -0.0197. The van der Waals surface area contributed by atoms with Gasteiger partial charge in [-0.05, 0) is 29.3 Å². The normalized spacial score (nSPS) is 16.5. The van der Waals surface area contributed by atoms with Gasteiger partial charge in [0.05, 0.1) is 19.6 Å². The molecule has 6 heteroatoms. The van der Waals surface area contributed by atoms with Crippen LogP contribution in [0.4, 0.5) is 0 Å². The number of rotatable bonds is 5. The van der Waals surface area contributed by atoms with Gasteiger partial charge in [-0.25, -0.2) is 0 Å². The van der Waals surface area contributed by atoms with Crippen LogP contribution in [0.5, 0.6) is 5.75 Å². The molecule has 5 nitrogen and oxygen atoms in total. The second-order valence-electron chi connectivity index (χ2n) is 5.81. The molecule has 1 aliphatic rings. The number of benzene rings is 2. The van der Waals surface area contributed by atoms with Crippen molar-refractivity contribution in [3.63, 3.8) is 0 Å². The van der Waals surface area contributed by atoms with Gasteiger partial charge in [0.2, 0.25) is 0 Å². The maximum atomic E-state index is 12.7. The lowest BCUT2D eigenvalue weighted by Gasteiger charge is -2.20. The average molecular weight is 404 g/mol. The molecule has 1 N–H and O–H groups in total. The predicted molar refractivity (Wildman–Crippen MR) is 96.2 cm³/mol. The van der Waals surface area contributed by atoms with Gasteiger partial charge in [0.1, 0.15) is 5.75 Å². The van der Waals surface area contributed by atoms with Crippen LogP contribution in [0.2, 0.25) is 0 Å². The molecular weight excluding hydrogens is 386 g/mol. The smallest absolute Gasteiger partial charge is 0.307 e. The number of hydrogen-bond acceptors (Lipinski definition) is 4. The third-order valence-electron chi connectivity index (χ3n) is 4.11. The van der Waals surface area contributed by atoms with E-state index in [2.05, 4.69) is 21.2 Å². The van der Waals surface area contributed by atoms with Crippen molar-refractivity contribution in [3.05, 3.63) is 64.1 Å². The van der Waals surface area contributed by atoms with E-state index in [1.54, 1.807) is 0 Å². The van der Waals surface area contributed by atoms with Gasteiger partial charge in [0.25, 0.3) is 5.91 Å². The Morgan fingerprint density at radius 1 is 1.28 bits per heavy atom. The van der Waals surface area contributed by atoms with Crippen molar-refractivity contribution < 1.29 is 19.1 Å². The lowest BCUT2D eigenvalue weighted by Crippen LogP contribution is -2.40. The maximum absolute atomic E-state index is 12.7. The minimum absolute atomic E-state index is 0.0539. The van der Waals surface area contributed by atoms with E-state index >= 15 is 0 Å². The van der Waals surface area contributed by atoms with E-state index in [1.165, 1.54) is 7.11 Å². The van der Waals surface area contributed by atoms with Crippen LogP contribution < -0.4 is 10.1 Å². The monoisotopic (exact) mass is 403 g/mol. The molecule has 0 saturated heterocycles. The van der Waals surface area contributed by atoms with Crippen LogP contribution in [0.15, 0.2) is 53.0 Å². The molecule has 0 aliphatic carbocycles. The molecule has 1 aliphatic heterocycles. The second kappa shape index (κ2) is 7.70. The topological polar surface area (TPSA) is 64.6 Å². The van der Waals surface area contributed by atoms with Crippen LogP contribution in [0, 0.1) is 0 Å². The number of halogens is 1. The highest BCUT2D eigenvalue weighted by molar-refractivity contribution is 9.10. The molecule has 2 unspecified atom stereocenters. The highest BCUT2D eigenvalue weighted by Gasteiger charge is 2.31. The second-order valence-corrected chi connectivity index (χ2v) is 6.73. The summed E-state index contributed by atoms with van der Waals surface area (Å²) in [5.41, 5.74) is 1.83. The number of para-hydroxylation sites is 1. The van der Waals surface area contributed by atoms with Crippen LogP contribution >= 0.6 is 15.9 Å². The van der Waals surface area contributed by atoms with Crippen LogP contribution in [-0.4, -0.2) is 25.1 Å². The summed E-state index contributed by atoms with van der Waals surface area (Å²) in [7, 11) is 1.33. The first-order valence-electron chi connectivity index (χ1n) is 7.94. The average Bonchev–Trinajstić information content (AvgIpc) is 3.05. The number of ether oxygens (including phenoxy) is 2. The van der Waals surface area contributed by atoms with Gasteiger partial charge in [-0.15, -0.1) is 0 Å². The zero-order valence-electron chi connectivity index (χ0n) is 13.7. The SMILES string of the molecule is COC(=O)CC(NC(=O)C1Cc2ccccc2O1)c1cccc(Br)c1. The van der Waals surface area contributed by atoms with Crippen molar-refractivity contribution in [2.45, 2.75) is 25.0 Å². The molecule has 2 aromatic carbocycles. The zero-order chi connectivity index (χ0) is 17.8. The van der Waals surface area contributed by atoms with Gasteiger partial charge >= 0.3 is 5.97 Å². The summed E-state index contributed by atoms with van der Waals surface area (Å²) in [5, 5.41) is 2.92. The summed E-state index contributed by atoms with van der Waals surface area (Å²) < 4.78 is 11.4. The molecule has 0 aromatic heterocycles. The van der Waals surface area contributed by atoms with Gasteiger partial charge < -0.3 is 14.8 Å². The lowest BCUT2D eigenvalue weighted by atomic mass is 10.0. The van der Waals surface area contributed by atoms with Crippen molar-refractivity contribution in [1.29, 1.82) is 0 Å². The number of amides is 1. The van der Waals surface area contributed by atoms with Gasteiger partial charge in [0, 0.05) is 10.9 Å². The molecular formula is C19H18BrNO4. The Kier molecular flexibility index (Phi) is 5.38. The first kappa shape index (κ1) is 17.5. The van der Waals surface area contributed by atoms with E-state index in [1.807, 2.05) is 48.5 Å². The number of nitrogens with one attached hydrogen (secondary N) is 1. The molecule has 2 atom stereocenters. The summed E-state index contributed by atoms with van der Waals surface area (Å²) >= 11 is 3.41. The number of fused-ring (bicyclic) bond motifs is 1. The molecule has 3 rings (SSSR count). The van der Waals surface area contributed by atoms with Crippen LogP contribution in [-0.2, 0) is 20.7 Å². The zero-order valence-corrected chi connectivity index (χ0v) is 15.3. The van der Waals surface area contributed by atoms with Gasteiger partial charge in [-0.2, -0.15) is 0 Å². The molecule has 0 fully saturated rings. The Balaban J connectivity index is 1.74. The third-order valence-corrected chi connectivity index (χ3v) is 4.60. The summed E-state index contributed by atoms with van der Waals surface area (Å²) in [4.78, 5) is 24.4. The van der Waals surface area contributed by atoms with Crippen LogP contribution in [0.3, 0.4) is 0 Å². The first-order valence-corrected chi connectivity index (χ1v) is 8.73. The number of hydrogen-bond donors (Lipinski definition) is 1. The number of methoxy groups -OCH3 is 1. The lowest BCUT2D eigenvalue weighted by molar-refractivity contribution is -0.141. The van der Waals surface area contributed by atoms with Crippen LogP contribution in [0.25, 0.3) is 0 Å². The minimum atomic E-state index is -0.593. The fourth-order valence-electron chi connectivity index (χ4n) is 2.82. The fraction of sp³-hybridized carbons (Fsp3) is 0.263. The van der Waals surface area contributed by atoms with Crippen molar-refractivity contribution in [2.75, 3.05) is 7.11 Å². The summed E-state index contributed by atoms with van der Waals surface area (Å²) in [6, 6.07) is 14.6. The van der Waals surface area contributed by atoms with Crippen LogP contribution in [0.1, 0.15) is 23.6 Å². The Bertz CT molecular complexity index is 767. The van der Waals surface area contributed by atoms with E-state index in [0.717, 1.165) is 21.3 Å². The van der Waals surface area contributed by atoms with Gasteiger partial charge in [0.15, 0.2) is 6.10 Å². The Morgan fingerprint density at radius 2 is 2.08 bits per heavy atom. The minimum Gasteiger partial charge on any atom is -0.480 e. The van der Waals surface area contributed by atoms with E-state index in [4.69, 9.17) is 9.47 Å². The molecule has 25 heavy (non-hydrogen) atoms. The maximum Gasteiger partial charge on any atom is 0.307 e. The molecule has 130 valence electrons. The van der Waals surface area contributed by atoms with Gasteiger partial charge in [-0.1, -0.05) is 46.3 Å². The highest BCUT2D eigenvalue weighted by atomic mass is 79.9. The molecule has 2 aromatic rings. The van der Waals surface area contributed by atoms with E-state index in [0.29, 0.717) is 6.42 Å². The quantitative estimate of drug-likeness (QED) is 0.778. The fourth-order valence-corrected chi connectivity index (χ4v) is 3.24. The predicted octanol–water partition coefficient (Wildman–Crippen LogP) is 3.17. The van der Waals surface area contributed by atoms with E-state index in [9.17, 15) is 9.59 Å². The molecule has 0 radical (unpaired) electrons. The highest BCUT2D eigenvalue weighted by Crippen LogP contribution is 2.29. The molecule has 1 heterocycles. The number of carbonyl (C=O) groups excluding carboxylic acids is 2. The molecule has 0 bridgehead atoms. The molecule has 0 spiro atoms. The van der Waals surface area contributed by atoms with Crippen molar-refractivity contribution in [2.24, 2.45) is 0 Å². The molecule has 0 saturated carbocycles. The summed E-state index contributed by atoms with van der Waals surface area (Å²) in [5.74, 6) is 0.0978. The Hall–Kier alpha value is -2.34. The number of esters is 1. The van der Waals surface area contributed by atoms with E-state index < -0.39 is 12.1 Å². The summed E-state index contributed by atoms with van der Waals surface area (Å²) in [6.45, 7) is 0. The third kappa shape index (κ3) is 4.20. The van der Waals surface area contributed by atoms with E-state index in [-0.39, 0.29) is 18.3 Å². The standard InChI is InChI=1S/C19H18BrNO4/c1-24-18(22)11-15(12-6-4-7-14(20)9-12)21-19(23)17-10-13-5-2-3-8-16(13)25-17/h2-9,15,17H,10-11H2,1H3,(H,21,23). The number of carbonyl (C=O) groups is 2. The first-order chi connectivity index (χ1) is 12.1. The Labute approximate surface area is 154 Å². The van der Waals surface area contributed by atoms with Crippen molar-refractivity contribution in [1.82, 2.24) is 5.32 Å².